The molecule has 1 fully saturated rings. The largest absolute Gasteiger partial charge is 0.338 e. The Kier molecular flexibility index (Phi) is 6.38. The van der Waals surface area contributed by atoms with Crippen molar-refractivity contribution in [3.63, 3.8) is 0 Å². The fourth-order valence-corrected chi connectivity index (χ4v) is 4.17. The van der Waals surface area contributed by atoms with Crippen molar-refractivity contribution in [3.8, 4) is 0 Å². The lowest BCUT2D eigenvalue weighted by molar-refractivity contribution is -0.121. The van der Waals surface area contributed by atoms with E-state index in [2.05, 4.69) is 26.2 Å². The fraction of sp³-hybridized carbons (Fsp3) is 0.350. The Morgan fingerprint density at radius 2 is 2.00 bits per heavy atom. The molecule has 3 rings (SSSR count). The molecule has 1 aliphatic rings. The number of rotatable bonds is 4. The van der Waals surface area contributed by atoms with Crippen LogP contribution in [0.1, 0.15) is 28.8 Å². The number of carbonyl (C=O) groups excluding carboxylic acids is 2. The third-order valence-electron chi connectivity index (χ3n) is 4.93. The number of sulfone groups is 1. The second kappa shape index (κ2) is 8.62. The van der Waals surface area contributed by atoms with Gasteiger partial charge in [0, 0.05) is 35.6 Å². The molecule has 0 aliphatic carbocycles. The number of aryl methyl sites for hydroxylation is 1. The van der Waals surface area contributed by atoms with E-state index in [1.165, 1.54) is 12.1 Å². The molecule has 9 heteroatoms. The Labute approximate surface area is 178 Å². The van der Waals surface area contributed by atoms with Crippen LogP contribution in [0.4, 0.5) is 5.82 Å². The molecule has 2 heterocycles. The zero-order valence-corrected chi connectivity index (χ0v) is 18.6. The number of likely N-dealkylation sites (tertiary alicyclic amines) is 1. The van der Waals surface area contributed by atoms with Gasteiger partial charge in [0.1, 0.15) is 5.82 Å². The molecule has 1 saturated heterocycles. The minimum atomic E-state index is -3.41. The normalized spacial score (nSPS) is 17.1. The number of nitrogens with one attached hydrogen (secondary N) is 1. The summed E-state index contributed by atoms with van der Waals surface area (Å²) in [5.41, 5.74) is 1.05. The highest BCUT2D eigenvalue weighted by atomic mass is 79.9. The maximum Gasteiger partial charge on any atom is 0.254 e. The molecule has 154 valence electrons. The van der Waals surface area contributed by atoms with Crippen LogP contribution in [0, 0.1) is 12.8 Å². The lowest BCUT2D eigenvalue weighted by Crippen LogP contribution is -2.44. The first-order valence-corrected chi connectivity index (χ1v) is 11.9. The summed E-state index contributed by atoms with van der Waals surface area (Å²) in [4.78, 5) is 31.6. The van der Waals surface area contributed by atoms with Gasteiger partial charge in [0.2, 0.25) is 5.91 Å². The molecule has 1 unspecified atom stereocenters. The van der Waals surface area contributed by atoms with E-state index in [1.54, 1.807) is 36.2 Å². The van der Waals surface area contributed by atoms with Gasteiger partial charge in [0.15, 0.2) is 9.84 Å². The number of piperidine rings is 1. The maximum absolute atomic E-state index is 13.0. The Morgan fingerprint density at radius 1 is 1.24 bits per heavy atom. The van der Waals surface area contributed by atoms with Crippen LogP contribution in [0.2, 0.25) is 0 Å². The van der Waals surface area contributed by atoms with Crippen molar-refractivity contribution in [1.29, 1.82) is 0 Å². The van der Waals surface area contributed by atoms with Crippen molar-refractivity contribution in [2.45, 2.75) is 24.7 Å². The molecule has 2 amide bonds. The molecule has 0 spiro atoms. The number of hydrogen-bond donors (Lipinski definition) is 1. The smallest absolute Gasteiger partial charge is 0.254 e. The van der Waals surface area contributed by atoms with Crippen LogP contribution in [0.5, 0.6) is 0 Å². The average Bonchev–Trinajstić information content (AvgIpc) is 2.68. The second-order valence-corrected chi connectivity index (χ2v) is 10.1. The fourth-order valence-electron chi connectivity index (χ4n) is 3.29. The van der Waals surface area contributed by atoms with Gasteiger partial charge in [-0.15, -0.1) is 0 Å². The standard InChI is InChI=1S/C20H22BrN3O4S/c1-13-5-7-16(29(2,27)28)10-17(13)20(26)24-9-3-4-14(12-24)19(25)23-18-8-6-15(21)11-22-18/h5-8,10-11,14H,3-4,9,12H2,1-2H3,(H,22,23,25). The van der Waals surface area contributed by atoms with E-state index in [1.807, 2.05) is 0 Å². The molecule has 2 aromatic rings. The van der Waals surface area contributed by atoms with Gasteiger partial charge >= 0.3 is 0 Å². The van der Waals surface area contributed by atoms with E-state index in [0.29, 0.717) is 36.3 Å². The Morgan fingerprint density at radius 3 is 2.66 bits per heavy atom. The van der Waals surface area contributed by atoms with E-state index < -0.39 is 9.84 Å². The molecule has 1 N–H and O–H groups in total. The van der Waals surface area contributed by atoms with Crippen molar-refractivity contribution < 1.29 is 18.0 Å². The minimum Gasteiger partial charge on any atom is -0.338 e. The van der Waals surface area contributed by atoms with E-state index in [-0.39, 0.29) is 29.2 Å². The molecular weight excluding hydrogens is 458 g/mol. The molecule has 0 radical (unpaired) electrons. The zero-order chi connectivity index (χ0) is 21.2. The first-order valence-electron chi connectivity index (χ1n) is 9.17. The van der Waals surface area contributed by atoms with Crippen LogP contribution in [-0.4, -0.2) is 49.5 Å². The van der Waals surface area contributed by atoms with Crippen LogP contribution >= 0.6 is 15.9 Å². The zero-order valence-electron chi connectivity index (χ0n) is 16.2. The molecule has 1 aromatic carbocycles. The number of carbonyl (C=O) groups is 2. The van der Waals surface area contributed by atoms with Gasteiger partial charge in [0.25, 0.3) is 5.91 Å². The van der Waals surface area contributed by atoms with Crippen molar-refractivity contribution in [1.82, 2.24) is 9.88 Å². The number of anilines is 1. The third-order valence-corrected chi connectivity index (χ3v) is 6.50. The summed E-state index contributed by atoms with van der Waals surface area (Å²) in [7, 11) is -3.41. The predicted molar refractivity (Wildman–Crippen MR) is 113 cm³/mol. The van der Waals surface area contributed by atoms with Crippen LogP contribution in [0.15, 0.2) is 45.9 Å². The van der Waals surface area contributed by atoms with Gasteiger partial charge in [0.05, 0.1) is 10.8 Å². The van der Waals surface area contributed by atoms with Gasteiger partial charge in [-0.2, -0.15) is 0 Å². The summed E-state index contributed by atoms with van der Waals surface area (Å²) in [5, 5.41) is 2.79. The lowest BCUT2D eigenvalue weighted by Gasteiger charge is -2.32. The van der Waals surface area contributed by atoms with E-state index in [0.717, 1.165) is 10.7 Å². The number of hydrogen-bond acceptors (Lipinski definition) is 5. The molecule has 0 bridgehead atoms. The minimum absolute atomic E-state index is 0.110. The first-order chi connectivity index (χ1) is 13.6. The number of nitrogens with zero attached hydrogens (tertiary/aromatic N) is 2. The summed E-state index contributed by atoms with van der Waals surface area (Å²) in [6, 6.07) is 8.04. The van der Waals surface area contributed by atoms with Crippen LogP contribution in [0.3, 0.4) is 0 Å². The predicted octanol–water partition coefficient (Wildman–Crippen LogP) is 3.05. The molecule has 7 nitrogen and oxygen atoms in total. The summed E-state index contributed by atoms with van der Waals surface area (Å²) in [6.45, 7) is 2.58. The number of benzene rings is 1. The number of aromatic nitrogens is 1. The second-order valence-electron chi connectivity index (χ2n) is 7.19. The summed E-state index contributed by atoms with van der Waals surface area (Å²) in [5.74, 6) is -0.332. The summed E-state index contributed by atoms with van der Waals surface area (Å²) < 4.78 is 24.5. The van der Waals surface area contributed by atoms with Crippen molar-refractivity contribution >= 4 is 43.4 Å². The Bertz CT molecular complexity index is 1040. The van der Waals surface area contributed by atoms with Crippen molar-refractivity contribution in [2.24, 2.45) is 5.92 Å². The average molecular weight is 480 g/mol. The quantitative estimate of drug-likeness (QED) is 0.726. The van der Waals surface area contributed by atoms with Crippen molar-refractivity contribution in [2.75, 3.05) is 24.7 Å². The van der Waals surface area contributed by atoms with Crippen molar-refractivity contribution in [3.05, 3.63) is 52.1 Å². The molecule has 0 saturated carbocycles. The molecule has 1 aliphatic heterocycles. The van der Waals surface area contributed by atoms with E-state index in [4.69, 9.17) is 0 Å². The summed E-state index contributed by atoms with van der Waals surface area (Å²) >= 11 is 3.30. The SMILES string of the molecule is Cc1ccc(S(C)(=O)=O)cc1C(=O)N1CCCC(C(=O)Nc2ccc(Br)cn2)C1. The van der Waals surface area contributed by atoms with Crippen LogP contribution in [0.25, 0.3) is 0 Å². The number of pyridine rings is 1. The number of amides is 2. The van der Waals surface area contributed by atoms with Gasteiger partial charge < -0.3 is 10.2 Å². The molecule has 29 heavy (non-hydrogen) atoms. The van der Waals surface area contributed by atoms with Crippen LogP contribution < -0.4 is 5.32 Å². The van der Waals surface area contributed by atoms with E-state index >= 15 is 0 Å². The van der Waals surface area contributed by atoms with Crippen LogP contribution in [-0.2, 0) is 14.6 Å². The highest BCUT2D eigenvalue weighted by molar-refractivity contribution is 9.10. The van der Waals surface area contributed by atoms with Gasteiger partial charge in [-0.3, -0.25) is 9.59 Å². The number of halogens is 1. The Balaban J connectivity index is 1.74. The molecular formula is C20H22BrN3O4S. The van der Waals surface area contributed by atoms with Gasteiger partial charge in [-0.1, -0.05) is 6.07 Å². The Hall–Kier alpha value is -2.26. The first kappa shape index (κ1) is 21.4. The molecule has 1 atom stereocenters. The highest BCUT2D eigenvalue weighted by Crippen LogP contribution is 2.23. The lowest BCUT2D eigenvalue weighted by atomic mass is 9.96. The molecule has 1 aromatic heterocycles. The monoisotopic (exact) mass is 479 g/mol. The topological polar surface area (TPSA) is 96.4 Å². The van der Waals surface area contributed by atoms with E-state index in [9.17, 15) is 18.0 Å². The maximum atomic E-state index is 13.0. The highest BCUT2D eigenvalue weighted by Gasteiger charge is 2.30. The summed E-state index contributed by atoms with van der Waals surface area (Å²) in [6.07, 6.45) is 4.09. The van der Waals surface area contributed by atoms with Gasteiger partial charge in [-0.25, -0.2) is 13.4 Å². The third kappa shape index (κ3) is 5.22. The van der Waals surface area contributed by atoms with Gasteiger partial charge in [-0.05, 0) is 65.5 Å².